The van der Waals surface area contributed by atoms with E-state index in [9.17, 15) is 0 Å². The lowest BCUT2D eigenvalue weighted by Crippen LogP contribution is -2.36. The van der Waals surface area contributed by atoms with Gasteiger partial charge >= 0.3 is 0 Å². The van der Waals surface area contributed by atoms with Crippen molar-refractivity contribution in [2.24, 2.45) is 4.99 Å². The highest BCUT2D eigenvalue weighted by atomic mass is 127. The van der Waals surface area contributed by atoms with Crippen LogP contribution in [0.1, 0.15) is 36.8 Å². The van der Waals surface area contributed by atoms with Crippen LogP contribution in [0.4, 0.5) is 0 Å². The molecule has 0 saturated heterocycles. The van der Waals surface area contributed by atoms with Gasteiger partial charge in [0.1, 0.15) is 6.10 Å². The molecule has 2 N–H and O–H groups in total. The van der Waals surface area contributed by atoms with Gasteiger partial charge in [-0.05, 0) is 49.4 Å². The lowest BCUT2D eigenvalue weighted by atomic mass is 10.2. The highest BCUT2D eigenvalue weighted by Crippen LogP contribution is 2.38. The zero-order chi connectivity index (χ0) is 22.1. The van der Waals surface area contributed by atoms with Crippen LogP contribution < -0.4 is 29.6 Å². The maximum Gasteiger partial charge on any atom is 0.218 e. The Balaban J connectivity index is 0.00000363. The Morgan fingerprint density at radius 2 is 1.69 bits per heavy atom. The van der Waals surface area contributed by atoms with Gasteiger partial charge < -0.3 is 29.6 Å². The number of nitrogens with zero attached hydrogens (tertiary/aromatic N) is 2. The Morgan fingerprint density at radius 1 is 1.03 bits per heavy atom. The van der Waals surface area contributed by atoms with Gasteiger partial charge in [0.05, 0.1) is 21.3 Å². The van der Waals surface area contributed by atoms with Gasteiger partial charge in [-0.1, -0.05) is 6.07 Å². The molecule has 1 aromatic carbocycles. The van der Waals surface area contributed by atoms with E-state index in [-0.39, 0.29) is 30.1 Å². The van der Waals surface area contributed by atoms with E-state index in [1.807, 2.05) is 24.3 Å². The highest BCUT2D eigenvalue weighted by molar-refractivity contribution is 14.0. The van der Waals surface area contributed by atoms with E-state index in [4.69, 9.17) is 18.9 Å². The molecule has 9 heteroatoms. The van der Waals surface area contributed by atoms with Crippen LogP contribution in [-0.2, 0) is 13.1 Å². The summed E-state index contributed by atoms with van der Waals surface area (Å²) in [6, 6.07) is 7.77. The molecular formula is C23H33IN4O4. The number of hydrogen-bond acceptors (Lipinski definition) is 6. The number of rotatable bonds is 9. The molecule has 1 aromatic heterocycles. The van der Waals surface area contributed by atoms with E-state index < -0.39 is 0 Å². The second kappa shape index (κ2) is 13.2. The lowest BCUT2D eigenvalue weighted by molar-refractivity contribution is 0.199. The SMILES string of the molecule is CN=C(NCc1cc(OC)c(OC)c(OC)c1)NCc1cccnc1OC1CCCC1.I. The van der Waals surface area contributed by atoms with Gasteiger partial charge in [0, 0.05) is 31.9 Å². The number of halogens is 1. The van der Waals surface area contributed by atoms with Crippen molar-refractivity contribution in [3.8, 4) is 23.1 Å². The van der Waals surface area contributed by atoms with Crippen molar-refractivity contribution < 1.29 is 18.9 Å². The molecule has 0 bridgehead atoms. The smallest absolute Gasteiger partial charge is 0.218 e. The number of hydrogen-bond donors (Lipinski definition) is 2. The molecule has 3 rings (SSSR count). The minimum Gasteiger partial charge on any atom is -0.493 e. The van der Waals surface area contributed by atoms with E-state index >= 15 is 0 Å². The van der Waals surface area contributed by atoms with E-state index in [0.717, 1.165) is 24.0 Å². The fraction of sp³-hybridized carbons (Fsp3) is 0.478. The molecule has 1 aliphatic rings. The van der Waals surface area contributed by atoms with Crippen molar-refractivity contribution in [3.05, 3.63) is 41.6 Å². The number of guanidine groups is 1. The standard InChI is InChI=1S/C23H32N4O4.HI/c1-24-23(26-14-16-12-19(28-2)21(30-4)20(13-16)29-3)27-15-17-8-7-11-25-22(17)31-18-9-5-6-10-18;/h7-8,11-13,18H,5-6,9-10,14-15H2,1-4H3,(H2,24,26,27);1H. The van der Waals surface area contributed by atoms with Crippen LogP contribution in [0.5, 0.6) is 23.1 Å². The van der Waals surface area contributed by atoms with Crippen LogP contribution in [0.15, 0.2) is 35.5 Å². The maximum absolute atomic E-state index is 6.12. The van der Waals surface area contributed by atoms with Crippen molar-refractivity contribution in [1.29, 1.82) is 0 Å². The van der Waals surface area contributed by atoms with Crippen molar-refractivity contribution >= 4 is 29.9 Å². The number of ether oxygens (including phenoxy) is 4. The molecule has 1 heterocycles. The quantitative estimate of drug-likeness (QED) is 0.275. The van der Waals surface area contributed by atoms with Crippen molar-refractivity contribution in [1.82, 2.24) is 15.6 Å². The molecule has 0 radical (unpaired) electrons. The van der Waals surface area contributed by atoms with Gasteiger partial charge in [-0.2, -0.15) is 0 Å². The number of nitrogens with one attached hydrogen (secondary N) is 2. The van der Waals surface area contributed by atoms with Crippen LogP contribution in [-0.4, -0.2) is 45.4 Å². The number of aromatic nitrogens is 1. The maximum atomic E-state index is 6.12. The minimum absolute atomic E-state index is 0. The molecule has 1 saturated carbocycles. The zero-order valence-corrected chi connectivity index (χ0v) is 21.5. The van der Waals surface area contributed by atoms with E-state index in [0.29, 0.717) is 42.2 Å². The molecule has 0 atom stereocenters. The van der Waals surface area contributed by atoms with Crippen molar-refractivity contribution in [2.75, 3.05) is 28.4 Å². The van der Waals surface area contributed by atoms with Crippen LogP contribution >= 0.6 is 24.0 Å². The summed E-state index contributed by atoms with van der Waals surface area (Å²) in [6.45, 7) is 1.10. The minimum atomic E-state index is 0. The van der Waals surface area contributed by atoms with Crippen LogP contribution in [0.25, 0.3) is 0 Å². The predicted octanol–water partition coefficient (Wildman–Crippen LogP) is 3.91. The summed E-state index contributed by atoms with van der Waals surface area (Å²) in [7, 11) is 6.54. The van der Waals surface area contributed by atoms with E-state index in [1.54, 1.807) is 34.6 Å². The Morgan fingerprint density at radius 3 is 2.28 bits per heavy atom. The largest absolute Gasteiger partial charge is 0.493 e. The number of methoxy groups -OCH3 is 3. The molecule has 0 unspecified atom stereocenters. The third-order valence-corrected chi connectivity index (χ3v) is 5.28. The molecule has 32 heavy (non-hydrogen) atoms. The molecule has 2 aromatic rings. The topological polar surface area (TPSA) is 86.2 Å². The van der Waals surface area contributed by atoms with E-state index in [2.05, 4.69) is 20.6 Å². The summed E-state index contributed by atoms with van der Waals surface area (Å²) in [4.78, 5) is 8.75. The fourth-order valence-electron chi connectivity index (χ4n) is 3.65. The summed E-state index contributed by atoms with van der Waals surface area (Å²) >= 11 is 0. The first-order valence-corrected chi connectivity index (χ1v) is 10.5. The average molecular weight is 556 g/mol. The Bertz CT molecular complexity index is 863. The summed E-state index contributed by atoms with van der Waals surface area (Å²) in [5.41, 5.74) is 1.98. The second-order valence-electron chi connectivity index (χ2n) is 7.30. The summed E-state index contributed by atoms with van der Waals surface area (Å²) in [5.74, 6) is 3.17. The average Bonchev–Trinajstić information content (AvgIpc) is 3.32. The van der Waals surface area contributed by atoms with Gasteiger partial charge in [0.25, 0.3) is 0 Å². The Labute approximate surface area is 207 Å². The van der Waals surface area contributed by atoms with Crippen LogP contribution in [0.2, 0.25) is 0 Å². The lowest BCUT2D eigenvalue weighted by Gasteiger charge is -2.17. The monoisotopic (exact) mass is 556 g/mol. The molecule has 0 aliphatic heterocycles. The number of aliphatic imine (C=N–C) groups is 1. The Kier molecular flexibility index (Phi) is 10.6. The molecular weight excluding hydrogens is 523 g/mol. The predicted molar refractivity (Wildman–Crippen MR) is 136 cm³/mol. The summed E-state index contributed by atoms with van der Waals surface area (Å²) in [6.07, 6.45) is 6.69. The van der Waals surface area contributed by atoms with Crippen LogP contribution in [0, 0.1) is 0 Å². The van der Waals surface area contributed by atoms with Gasteiger partial charge in [0.15, 0.2) is 17.5 Å². The first-order chi connectivity index (χ1) is 15.2. The van der Waals surface area contributed by atoms with Gasteiger partial charge in [0.2, 0.25) is 11.6 Å². The fourth-order valence-corrected chi connectivity index (χ4v) is 3.65. The van der Waals surface area contributed by atoms with Gasteiger partial charge in [-0.3, -0.25) is 4.99 Å². The number of pyridine rings is 1. The van der Waals surface area contributed by atoms with Crippen molar-refractivity contribution in [2.45, 2.75) is 44.9 Å². The third kappa shape index (κ3) is 6.78. The molecule has 0 amide bonds. The highest BCUT2D eigenvalue weighted by Gasteiger charge is 2.18. The van der Waals surface area contributed by atoms with Gasteiger partial charge in [-0.15, -0.1) is 24.0 Å². The molecule has 1 fully saturated rings. The van der Waals surface area contributed by atoms with Crippen molar-refractivity contribution in [3.63, 3.8) is 0 Å². The first-order valence-electron chi connectivity index (χ1n) is 10.5. The number of benzene rings is 1. The summed E-state index contributed by atoms with van der Waals surface area (Å²) < 4.78 is 22.4. The Hall–Kier alpha value is -2.43. The first kappa shape index (κ1) is 25.8. The van der Waals surface area contributed by atoms with Crippen LogP contribution in [0.3, 0.4) is 0 Å². The molecule has 176 valence electrons. The third-order valence-electron chi connectivity index (χ3n) is 5.28. The molecule has 1 aliphatic carbocycles. The summed E-state index contributed by atoms with van der Waals surface area (Å²) in [5, 5.41) is 6.65. The van der Waals surface area contributed by atoms with Gasteiger partial charge in [-0.25, -0.2) is 4.98 Å². The zero-order valence-electron chi connectivity index (χ0n) is 19.1. The molecule has 8 nitrogen and oxygen atoms in total. The molecule has 0 spiro atoms. The normalized spacial score (nSPS) is 13.8. The van der Waals surface area contributed by atoms with E-state index in [1.165, 1.54) is 12.8 Å². The second-order valence-corrected chi connectivity index (χ2v) is 7.30.